The number of likely N-dealkylation sites (tertiary alicyclic amines) is 1. The van der Waals surface area contributed by atoms with E-state index in [1.54, 1.807) is 36.3 Å². The van der Waals surface area contributed by atoms with Crippen molar-refractivity contribution in [1.82, 2.24) is 4.90 Å². The standard InChI is InChI=1S/C15H17ClN2O3/c1-21-13-4-3-12(16)8-10(13)2-5-14(19)18-7-6-11(9-18)15(17)20/h2-5,8,11H,6-7,9H2,1H3,(H2,17,20)/b5-2-/t11-/m0/s1. The van der Waals surface area contributed by atoms with Crippen LogP contribution in [0.2, 0.25) is 5.02 Å². The van der Waals surface area contributed by atoms with Crippen molar-refractivity contribution in [2.24, 2.45) is 11.7 Å². The molecule has 0 saturated carbocycles. The second-order valence-electron chi connectivity index (χ2n) is 4.89. The van der Waals surface area contributed by atoms with Crippen LogP contribution in [0, 0.1) is 5.92 Å². The van der Waals surface area contributed by atoms with Gasteiger partial charge in [-0.05, 0) is 30.7 Å². The molecular weight excluding hydrogens is 292 g/mol. The molecule has 2 rings (SSSR count). The fourth-order valence-corrected chi connectivity index (χ4v) is 2.48. The van der Waals surface area contributed by atoms with Gasteiger partial charge in [-0.15, -0.1) is 0 Å². The predicted molar refractivity (Wildman–Crippen MR) is 80.9 cm³/mol. The van der Waals surface area contributed by atoms with Crippen LogP contribution in [0.3, 0.4) is 0 Å². The highest BCUT2D eigenvalue weighted by Crippen LogP contribution is 2.24. The summed E-state index contributed by atoms with van der Waals surface area (Å²) in [6, 6.07) is 5.18. The van der Waals surface area contributed by atoms with E-state index >= 15 is 0 Å². The molecule has 1 heterocycles. The normalized spacial score (nSPS) is 18.2. The van der Waals surface area contributed by atoms with Gasteiger partial charge >= 0.3 is 0 Å². The molecule has 0 aromatic heterocycles. The third kappa shape index (κ3) is 3.76. The Balaban J connectivity index is 2.06. The molecule has 1 aromatic rings. The molecule has 0 spiro atoms. The van der Waals surface area contributed by atoms with Crippen LogP contribution in [0.25, 0.3) is 6.08 Å². The number of ether oxygens (including phenoxy) is 1. The van der Waals surface area contributed by atoms with Gasteiger partial charge in [-0.3, -0.25) is 9.59 Å². The maximum atomic E-state index is 12.1. The first-order valence-corrected chi connectivity index (χ1v) is 6.99. The lowest BCUT2D eigenvalue weighted by atomic mass is 10.1. The second-order valence-corrected chi connectivity index (χ2v) is 5.33. The molecule has 1 aromatic carbocycles. The monoisotopic (exact) mass is 308 g/mol. The Bertz CT molecular complexity index is 586. The smallest absolute Gasteiger partial charge is 0.246 e. The molecule has 6 heteroatoms. The second kappa shape index (κ2) is 6.63. The molecule has 2 amide bonds. The van der Waals surface area contributed by atoms with Crippen molar-refractivity contribution in [3.63, 3.8) is 0 Å². The maximum Gasteiger partial charge on any atom is 0.246 e. The van der Waals surface area contributed by atoms with E-state index in [1.165, 1.54) is 6.08 Å². The Labute approximate surface area is 128 Å². The summed E-state index contributed by atoms with van der Waals surface area (Å²) in [5.74, 6) is -0.116. The summed E-state index contributed by atoms with van der Waals surface area (Å²) in [4.78, 5) is 24.8. The number of methoxy groups -OCH3 is 1. The highest BCUT2D eigenvalue weighted by molar-refractivity contribution is 6.30. The van der Waals surface area contributed by atoms with Gasteiger partial charge in [-0.2, -0.15) is 0 Å². The number of amides is 2. The minimum absolute atomic E-state index is 0.152. The third-order valence-corrected chi connectivity index (χ3v) is 3.73. The molecule has 1 aliphatic heterocycles. The molecule has 21 heavy (non-hydrogen) atoms. The average Bonchev–Trinajstić information content (AvgIpc) is 2.95. The first kappa shape index (κ1) is 15.4. The number of carbonyl (C=O) groups is 2. The van der Waals surface area contributed by atoms with Gasteiger partial charge in [0.25, 0.3) is 0 Å². The first-order valence-electron chi connectivity index (χ1n) is 6.61. The van der Waals surface area contributed by atoms with Crippen LogP contribution in [0.1, 0.15) is 12.0 Å². The number of hydrogen-bond donors (Lipinski definition) is 1. The van der Waals surface area contributed by atoms with Crippen molar-refractivity contribution in [3.05, 3.63) is 34.9 Å². The largest absolute Gasteiger partial charge is 0.496 e. The summed E-state index contributed by atoms with van der Waals surface area (Å²) in [6.07, 6.45) is 3.73. The Morgan fingerprint density at radius 3 is 2.86 bits per heavy atom. The summed E-state index contributed by atoms with van der Waals surface area (Å²) in [5, 5.41) is 0.567. The number of rotatable bonds is 4. The summed E-state index contributed by atoms with van der Waals surface area (Å²) in [7, 11) is 1.56. The van der Waals surface area contributed by atoms with Crippen molar-refractivity contribution in [3.8, 4) is 5.75 Å². The van der Waals surface area contributed by atoms with Crippen molar-refractivity contribution in [2.45, 2.75) is 6.42 Å². The van der Waals surface area contributed by atoms with E-state index in [1.807, 2.05) is 0 Å². The molecule has 0 bridgehead atoms. The molecule has 1 atom stereocenters. The Hall–Kier alpha value is -2.01. The quantitative estimate of drug-likeness (QED) is 0.860. The highest BCUT2D eigenvalue weighted by Gasteiger charge is 2.28. The van der Waals surface area contributed by atoms with Crippen LogP contribution in [0.4, 0.5) is 0 Å². The molecule has 5 nitrogen and oxygen atoms in total. The van der Waals surface area contributed by atoms with Gasteiger partial charge < -0.3 is 15.4 Å². The summed E-state index contributed by atoms with van der Waals surface area (Å²) in [6.45, 7) is 0.925. The van der Waals surface area contributed by atoms with Crippen LogP contribution < -0.4 is 10.5 Å². The Morgan fingerprint density at radius 1 is 1.48 bits per heavy atom. The lowest BCUT2D eigenvalue weighted by molar-refractivity contribution is -0.125. The predicted octanol–water partition coefficient (Wildman–Crippen LogP) is 1.70. The SMILES string of the molecule is COc1ccc(Cl)cc1/C=C\C(=O)N1CC[C@H](C(N)=O)C1. The van der Waals surface area contributed by atoms with Crippen molar-refractivity contribution in [2.75, 3.05) is 20.2 Å². The summed E-state index contributed by atoms with van der Waals surface area (Å²) < 4.78 is 5.21. The van der Waals surface area contributed by atoms with Gasteiger partial charge in [0.1, 0.15) is 5.75 Å². The maximum absolute atomic E-state index is 12.1. The minimum Gasteiger partial charge on any atom is -0.496 e. The topological polar surface area (TPSA) is 72.6 Å². The number of hydrogen-bond acceptors (Lipinski definition) is 3. The zero-order valence-corrected chi connectivity index (χ0v) is 12.5. The highest BCUT2D eigenvalue weighted by atomic mass is 35.5. The lowest BCUT2D eigenvalue weighted by Crippen LogP contribution is -2.30. The number of benzene rings is 1. The van der Waals surface area contributed by atoms with E-state index in [9.17, 15) is 9.59 Å². The number of halogens is 1. The number of nitrogens with two attached hydrogens (primary N) is 1. The number of nitrogens with zero attached hydrogens (tertiary/aromatic N) is 1. The van der Waals surface area contributed by atoms with Gasteiger partial charge in [0.05, 0.1) is 13.0 Å². The fourth-order valence-electron chi connectivity index (χ4n) is 2.29. The van der Waals surface area contributed by atoms with E-state index in [4.69, 9.17) is 22.1 Å². The number of primary amides is 1. The minimum atomic E-state index is -0.356. The lowest BCUT2D eigenvalue weighted by Gasteiger charge is -2.13. The van der Waals surface area contributed by atoms with E-state index in [0.29, 0.717) is 30.3 Å². The van der Waals surface area contributed by atoms with Crippen LogP contribution in [-0.4, -0.2) is 36.9 Å². The third-order valence-electron chi connectivity index (χ3n) is 3.50. The van der Waals surface area contributed by atoms with E-state index in [2.05, 4.69) is 0 Å². The molecule has 2 N–H and O–H groups in total. The molecule has 1 fully saturated rings. The van der Waals surface area contributed by atoms with Crippen LogP contribution >= 0.6 is 11.6 Å². The van der Waals surface area contributed by atoms with Crippen LogP contribution in [0.15, 0.2) is 24.3 Å². The van der Waals surface area contributed by atoms with Crippen molar-refractivity contribution in [1.29, 1.82) is 0 Å². The van der Waals surface area contributed by atoms with E-state index < -0.39 is 0 Å². The fraction of sp³-hybridized carbons (Fsp3) is 0.333. The molecule has 0 aliphatic carbocycles. The van der Waals surface area contributed by atoms with Gasteiger partial charge in [-0.25, -0.2) is 0 Å². The summed E-state index contributed by atoms with van der Waals surface area (Å²) in [5.41, 5.74) is 5.98. The zero-order valence-electron chi connectivity index (χ0n) is 11.7. The average molecular weight is 309 g/mol. The van der Waals surface area contributed by atoms with Crippen molar-refractivity contribution < 1.29 is 14.3 Å². The Morgan fingerprint density at radius 2 is 2.24 bits per heavy atom. The summed E-state index contributed by atoms with van der Waals surface area (Å²) >= 11 is 5.93. The first-order chi connectivity index (χ1) is 10.0. The molecule has 0 unspecified atom stereocenters. The van der Waals surface area contributed by atoms with E-state index in [0.717, 1.165) is 5.56 Å². The van der Waals surface area contributed by atoms with Gasteiger partial charge in [0.15, 0.2) is 0 Å². The Kier molecular flexibility index (Phi) is 4.85. The zero-order chi connectivity index (χ0) is 15.4. The molecule has 112 valence electrons. The molecule has 1 saturated heterocycles. The molecule has 0 radical (unpaired) electrons. The number of carbonyl (C=O) groups excluding carboxylic acids is 2. The van der Waals surface area contributed by atoms with Gasteiger partial charge in [-0.1, -0.05) is 11.6 Å². The van der Waals surface area contributed by atoms with Gasteiger partial charge in [0, 0.05) is 29.8 Å². The van der Waals surface area contributed by atoms with Crippen LogP contribution in [-0.2, 0) is 9.59 Å². The molecule has 1 aliphatic rings. The molecular formula is C15H17ClN2O3. The van der Waals surface area contributed by atoms with Gasteiger partial charge in [0.2, 0.25) is 11.8 Å². The van der Waals surface area contributed by atoms with Crippen LogP contribution in [0.5, 0.6) is 5.75 Å². The van der Waals surface area contributed by atoms with E-state index in [-0.39, 0.29) is 17.7 Å². The van der Waals surface area contributed by atoms with Crippen molar-refractivity contribution >= 4 is 29.5 Å².